The summed E-state index contributed by atoms with van der Waals surface area (Å²) >= 11 is 0. The predicted octanol–water partition coefficient (Wildman–Crippen LogP) is 2.76. The van der Waals surface area contributed by atoms with E-state index in [0.717, 1.165) is 49.1 Å². The van der Waals surface area contributed by atoms with Crippen LogP contribution in [0.25, 0.3) is 0 Å². The van der Waals surface area contributed by atoms with Gasteiger partial charge in [0, 0.05) is 30.8 Å². The summed E-state index contributed by atoms with van der Waals surface area (Å²) in [5, 5.41) is 0. The van der Waals surface area contributed by atoms with Gasteiger partial charge in [-0.3, -0.25) is 9.69 Å². The van der Waals surface area contributed by atoms with Crippen LogP contribution in [-0.4, -0.2) is 44.6 Å². The molecule has 1 saturated carbocycles. The molecular weight excluding hydrogens is 266 g/mol. The summed E-state index contributed by atoms with van der Waals surface area (Å²) in [5.41, 5.74) is 1.76. The lowest BCUT2D eigenvalue weighted by Crippen LogP contribution is -2.23. The molecule has 0 amide bonds. The lowest BCUT2D eigenvalue weighted by molar-refractivity contribution is 0.101. The van der Waals surface area contributed by atoms with Gasteiger partial charge in [-0.1, -0.05) is 0 Å². The van der Waals surface area contributed by atoms with Gasteiger partial charge in [-0.15, -0.1) is 0 Å². The number of hydrogen-bond donors (Lipinski definition) is 0. The van der Waals surface area contributed by atoms with Crippen molar-refractivity contribution >= 4 is 5.78 Å². The molecule has 0 saturated heterocycles. The van der Waals surface area contributed by atoms with Crippen LogP contribution in [0.15, 0.2) is 18.2 Å². The van der Waals surface area contributed by atoms with Gasteiger partial charge in [0.1, 0.15) is 5.75 Å². The molecule has 0 N–H and O–H groups in total. The molecule has 1 aromatic carbocycles. The average molecular weight is 291 g/mol. The number of ketones is 1. The SMILES string of the molecule is COc1ccc(C(C)=O)cc1CN(C)CCOCC1CC1. The van der Waals surface area contributed by atoms with Crippen LogP contribution < -0.4 is 4.74 Å². The second-order valence-corrected chi connectivity index (χ2v) is 5.84. The van der Waals surface area contributed by atoms with Gasteiger partial charge in [0.2, 0.25) is 0 Å². The zero-order chi connectivity index (χ0) is 15.2. The molecule has 0 bridgehead atoms. The molecule has 1 fully saturated rings. The first-order valence-electron chi connectivity index (χ1n) is 7.54. The van der Waals surface area contributed by atoms with Crippen molar-refractivity contribution in [2.75, 3.05) is 33.9 Å². The minimum atomic E-state index is 0.0781. The fraction of sp³-hybridized carbons (Fsp3) is 0.588. The monoisotopic (exact) mass is 291 g/mol. The molecule has 1 aliphatic carbocycles. The maximum atomic E-state index is 11.5. The van der Waals surface area contributed by atoms with E-state index in [-0.39, 0.29) is 5.78 Å². The number of nitrogens with zero attached hydrogens (tertiary/aromatic N) is 1. The number of hydrogen-bond acceptors (Lipinski definition) is 4. The summed E-state index contributed by atoms with van der Waals surface area (Å²) in [7, 11) is 3.71. The lowest BCUT2D eigenvalue weighted by atomic mass is 10.1. The van der Waals surface area contributed by atoms with Gasteiger partial charge >= 0.3 is 0 Å². The molecule has 0 radical (unpaired) electrons. The Hall–Kier alpha value is -1.39. The minimum absolute atomic E-state index is 0.0781. The Labute approximate surface area is 127 Å². The quantitative estimate of drug-likeness (QED) is 0.518. The Bertz CT molecular complexity index is 483. The van der Waals surface area contributed by atoms with Gasteiger partial charge in [0.05, 0.1) is 13.7 Å². The van der Waals surface area contributed by atoms with Crippen LogP contribution in [-0.2, 0) is 11.3 Å². The lowest BCUT2D eigenvalue weighted by Gasteiger charge is -2.19. The zero-order valence-corrected chi connectivity index (χ0v) is 13.2. The van der Waals surface area contributed by atoms with Crippen LogP contribution in [0.1, 0.15) is 35.7 Å². The van der Waals surface area contributed by atoms with Gasteiger partial charge in [0.25, 0.3) is 0 Å². The highest BCUT2D eigenvalue weighted by Gasteiger charge is 2.21. The number of ether oxygens (including phenoxy) is 2. The third-order valence-corrected chi connectivity index (χ3v) is 3.80. The standard InChI is InChI=1S/C17H25NO3/c1-13(19)15-6-7-17(20-3)16(10-15)11-18(2)8-9-21-12-14-4-5-14/h6-7,10,14H,4-5,8-9,11-12H2,1-3H3. The summed E-state index contributed by atoms with van der Waals surface area (Å²) in [6.45, 7) is 4.86. The highest BCUT2D eigenvalue weighted by Crippen LogP contribution is 2.28. The Morgan fingerprint density at radius 3 is 2.76 bits per heavy atom. The van der Waals surface area contributed by atoms with Crippen LogP contribution >= 0.6 is 0 Å². The molecule has 2 rings (SSSR count). The fourth-order valence-electron chi connectivity index (χ4n) is 2.25. The maximum Gasteiger partial charge on any atom is 0.159 e. The van der Waals surface area contributed by atoms with Crippen LogP contribution in [0.3, 0.4) is 0 Å². The molecule has 0 heterocycles. The average Bonchev–Trinajstić information content (AvgIpc) is 3.27. The van der Waals surface area contributed by atoms with Gasteiger partial charge in [-0.05, 0) is 50.9 Å². The number of benzene rings is 1. The highest BCUT2D eigenvalue weighted by molar-refractivity contribution is 5.94. The number of methoxy groups -OCH3 is 1. The Kier molecular flexibility index (Phi) is 5.76. The Morgan fingerprint density at radius 2 is 2.14 bits per heavy atom. The molecule has 1 aromatic rings. The van der Waals surface area contributed by atoms with Crippen molar-refractivity contribution in [2.24, 2.45) is 5.92 Å². The van der Waals surface area contributed by atoms with E-state index in [2.05, 4.69) is 11.9 Å². The molecule has 4 nitrogen and oxygen atoms in total. The molecule has 4 heteroatoms. The van der Waals surface area contributed by atoms with Gasteiger partial charge in [0.15, 0.2) is 5.78 Å². The van der Waals surface area contributed by atoms with Gasteiger partial charge < -0.3 is 9.47 Å². The van der Waals surface area contributed by atoms with E-state index in [4.69, 9.17) is 9.47 Å². The zero-order valence-electron chi connectivity index (χ0n) is 13.2. The van der Waals surface area contributed by atoms with E-state index in [1.165, 1.54) is 12.8 Å². The van der Waals surface area contributed by atoms with Crippen LogP contribution in [0, 0.1) is 5.92 Å². The number of rotatable bonds is 9. The number of likely N-dealkylation sites (N-methyl/N-ethyl adjacent to an activating group) is 1. The highest BCUT2D eigenvalue weighted by atomic mass is 16.5. The Morgan fingerprint density at radius 1 is 1.38 bits per heavy atom. The fourth-order valence-corrected chi connectivity index (χ4v) is 2.25. The van der Waals surface area contributed by atoms with E-state index in [1.54, 1.807) is 14.0 Å². The van der Waals surface area contributed by atoms with E-state index in [1.807, 2.05) is 18.2 Å². The van der Waals surface area contributed by atoms with Crippen LogP contribution in [0.4, 0.5) is 0 Å². The number of carbonyl (C=O) groups excluding carboxylic acids is 1. The first kappa shape index (κ1) is 16.0. The van der Waals surface area contributed by atoms with Crippen molar-refractivity contribution in [2.45, 2.75) is 26.3 Å². The third-order valence-electron chi connectivity index (χ3n) is 3.80. The number of Topliss-reactive ketones (excluding diaryl/α,β-unsaturated/α-hetero) is 1. The normalized spacial score (nSPS) is 14.5. The predicted molar refractivity (Wildman–Crippen MR) is 82.9 cm³/mol. The van der Waals surface area contributed by atoms with Gasteiger partial charge in [-0.25, -0.2) is 0 Å². The molecule has 0 aromatic heterocycles. The largest absolute Gasteiger partial charge is 0.496 e. The van der Waals surface area contributed by atoms with Crippen LogP contribution in [0.5, 0.6) is 5.75 Å². The summed E-state index contributed by atoms with van der Waals surface area (Å²) < 4.78 is 11.0. The molecule has 116 valence electrons. The summed E-state index contributed by atoms with van der Waals surface area (Å²) in [6.07, 6.45) is 2.65. The Balaban J connectivity index is 1.86. The second kappa shape index (κ2) is 7.57. The van der Waals surface area contributed by atoms with Crippen molar-refractivity contribution in [3.63, 3.8) is 0 Å². The third kappa shape index (κ3) is 5.14. The summed E-state index contributed by atoms with van der Waals surface area (Å²) in [5.74, 6) is 1.71. The van der Waals surface area contributed by atoms with Crippen molar-refractivity contribution < 1.29 is 14.3 Å². The second-order valence-electron chi connectivity index (χ2n) is 5.84. The topological polar surface area (TPSA) is 38.8 Å². The van der Waals surface area contributed by atoms with E-state index < -0.39 is 0 Å². The van der Waals surface area contributed by atoms with Crippen molar-refractivity contribution in [3.05, 3.63) is 29.3 Å². The smallest absolute Gasteiger partial charge is 0.159 e. The molecule has 0 unspecified atom stereocenters. The van der Waals surface area contributed by atoms with E-state index >= 15 is 0 Å². The molecule has 21 heavy (non-hydrogen) atoms. The molecule has 0 atom stereocenters. The van der Waals surface area contributed by atoms with Crippen molar-refractivity contribution in [1.29, 1.82) is 0 Å². The van der Waals surface area contributed by atoms with Crippen molar-refractivity contribution in [3.8, 4) is 5.75 Å². The molecular formula is C17H25NO3. The first-order valence-corrected chi connectivity index (χ1v) is 7.54. The molecule has 0 aliphatic heterocycles. The summed E-state index contributed by atoms with van der Waals surface area (Å²) in [4.78, 5) is 13.7. The minimum Gasteiger partial charge on any atom is -0.496 e. The van der Waals surface area contributed by atoms with Crippen molar-refractivity contribution in [1.82, 2.24) is 4.90 Å². The number of carbonyl (C=O) groups is 1. The maximum absolute atomic E-state index is 11.5. The van der Waals surface area contributed by atoms with Gasteiger partial charge in [-0.2, -0.15) is 0 Å². The molecule has 1 aliphatic rings. The van der Waals surface area contributed by atoms with Crippen LogP contribution in [0.2, 0.25) is 0 Å². The molecule has 0 spiro atoms. The summed E-state index contributed by atoms with van der Waals surface area (Å²) in [6, 6.07) is 5.59. The van der Waals surface area contributed by atoms with E-state index in [0.29, 0.717) is 0 Å². The van der Waals surface area contributed by atoms with E-state index in [9.17, 15) is 4.79 Å². The first-order chi connectivity index (χ1) is 10.1.